The van der Waals surface area contributed by atoms with Crippen LogP contribution >= 0.6 is 0 Å². The van der Waals surface area contributed by atoms with Gasteiger partial charge in [-0.25, -0.2) is 9.78 Å². The molecule has 0 saturated heterocycles. The van der Waals surface area contributed by atoms with Gasteiger partial charge in [-0.1, -0.05) is 26.7 Å². The molecule has 0 aromatic rings. The van der Waals surface area contributed by atoms with Gasteiger partial charge in [0, 0.05) is 5.92 Å². The minimum absolute atomic E-state index is 0.0107. The maximum absolute atomic E-state index is 13.1. The third-order valence-electron chi connectivity index (χ3n) is 17.2. The zero-order valence-electron chi connectivity index (χ0n) is 39.9. The molecule has 0 radical (unpaired) electrons. The van der Waals surface area contributed by atoms with Crippen LogP contribution in [0.25, 0.3) is 0 Å². The highest BCUT2D eigenvalue weighted by molar-refractivity contribution is 5.81. The number of esters is 1. The van der Waals surface area contributed by atoms with E-state index in [1.54, 1.807) is 0 Å². The summed E-state index contributed by atoms with van der Waals surface area (Å²) in [5.41, 5.74) is 0.269. The molecule has 0 bridgehead atoms. The smallest absolute Gasteiger partial charge is 0.310 e. The van der Waals surface area contributed by atoms with Gasteiger partial charge in [0.2, 0.25) is 0 Å². The van der Waals surface area contributed by atoms with Gasteiger partial charge in [-0.05, 0) is 184 Å². The van der Waals surface area contributed by atoms with Gasteiger partial charge in [-0.2, -0.15) is 0 Å². The number of terminal acetylenes is 1. The van der Waals surface area contributed by atoms with Gasteiger partial charge >= 0.3 is 17.9 Å². The number of hydrogen-bond donors (Lipinski definition) is 2. The number of aliphatic carboxylic acids is 2. The van der Waals surface area contributed by atoms with Crippen molar-refractivity contribution in [1.29, 1.82) is 0 Å². The maximum atomic E-state index is 13.1. The first-order valence-corrected chi connectivity index (χ1v) is 26.1. The van der Waals surface area contributed by atoms with E-state index in [0.29, 0.717) is 50.0 Å². The second-order valence-corrected chi connectivity index (χ2v) is 21.7. The highest BCUT2D eigenvalue weighted by Gasteiger charge is 2.44. The molecule has 2 N–H and O–H groups in total. The van der Waals surface area contributed by atoms with Gasteiger partial charge in [0.05, 0.1) is 54.9 Å². The summed E-state index contributed by atoms with van der Waals surface area (Å²) in [6.45, 7) is 5.22. The van der Waals surface area contributed by atoms with Crippen LogP contribution in [0.1, 0.15) is 187 Å². The molecule has 0 amide bonds. The fourth-order valence-corrected chi connectivity index (χ4v) is 12.9. The molecule has 0 aromatic carbocycles. The molecule has 0 spiro atoms. The molecule has 7 aliphatic carbocycles. The quantitative estimate of drug-likeness (QED) is 0.0613. The predicted octanol–water partition coefficient (Wildman–Crippen LogP) is 9.91. The van der Waals surface area contributed by atoms with Gasteiger partial charge in [-0.15, -0.1) is 0 Å². The van der Waals surface area contributed by atoms with Crippen molar-refractivity contribution in [3.8, 4) is 24.7 Å². The van der Waals surface area contributed by atoms with E-state index in [1.165, 1.54) is 44.9 Å². The molecule has 0 aromatic heterocycles. The van der Waals surface area contributed by atoms with Crippen LogP contribution in [0.4, 0.5) is 0 Å². The summed E-state index contributed by atoms with van der Waals surface area (Å²) in [5, 5.41) is 19.6. The van der Waals surface area contributed by atoms with Gasteiger partial charge < -0.3 is 38.6 Å². The molecule has 6 atom stereocenters. The Morgan fingerprint density at radius 2 is 0.955 bits per heavy atom. The normalized spacial score (nSPS) is 36.9. The zero-order valence-corrected chi connectivity index (χ0v) is 39.9. The Morgan fingerprint density at radius 3 is 1.48 bits per heavy atom. The molecule has 6 unspecified atom stereocenters. The summed E-state index contributed by atoms with van der Waals surface area (Å²) in [7, 11) is 0. The number of hydrogen-bond acceptors (Lipinski definition) is 11. The third kappa shape index (κ3) is 14.4. The Labute approximate surface area is 394 Å². The second kappa shape index (κ2) is 24.9. The van der Waals surface area contributed by atoms with Crippen molar-refractivity contribution in [3.63, 3.8) is 0 Å². The minimum Gasteiger partial charge on any atom is -0.481 e. The molecule has 13 nitrogen and oxygen atoms in total. The SMILES string of the molecule is C#COC1CCC(C(=O)O)C(C(=O)OC2CCC(OC3CCC(C(C)(C)C4CCC(OC5CCC(OOCC6CC(OC#COC7CCCCC7)CCC6C(=O)O)CC5)CC4)CC3)CC2)C1. The largest absolute Gasteiger partial charge is 0.481 e. The lowest BCUT2D eigenvalue weighted by Gasteiger charge is -2.47. The maximum Gasteiger partial charge on any atom is 0.310 e. The number of carboxylic acids is 2. The number of ether oxygens (including phenoxy) is 6. The highest BCUT2D eigenvalue weighted by Crippen LogP contribution is 2.49. The lowest BCUT2D eigenvalue weighted by molar-refractivity contribution is -0.339. The van der Waals surface area contributed by atoms with Gasteiger partial charge in [-0.3, -0.25) is 14.4 Å². The molecule has 7 aliphatic rings. The summed E-state index contributed by atoms with van der Waals surface area (Å²) in [6, 6.07) is 0. The molecule has 13 heteroatoms. The molecular weight excluding hydrogens is 845 g/mol. The minimum atomic E-state index is -0.968. The van der Waals surface area contributed by atoms with E-state index in [1.807, 2.05) is 0 Å². The first-order chi connectivity index (χ1) is 31.9. The van der Waals surface area contributed by atoms with Gasteiger partial charge in [0.25, 0.3) is 0 Å². The monoisotopic (exact) mass is 925 g/mol. The van der Waals surface area contributed by atoms with Crippen LogP contribution in [-0.2, 0) is 52.6 Å². The fraction of sp³-hybridized carbons (Fsp3) is 0.868. The van der Waals surface area contributed by atoms with Crippen molar-refractivity contribution >= 4 is 17.9 Å². The molecule has 7 saturated carbocycles. The van der Waals surface area contributed by atoms with Crippen LogP contribution in [0.5, 0.6) is 0 Å². The lowest BCUT2D eigenvalue weighted by atomic mass is 9.60. The van der Waals surface area contributed by atoms with Crippen LogP contribution in [0.15, 0.2) is 0 Å². The number of carboxylic acid groups (broad SMARTS) is 2. The number of carbonyl (C=O) groups excluding carboxylic acids is 1. The molecule has 7 rings (SSSR count). The Morgan fingerprint density at radius 1 is 0.500 bits per heavy atom. The lowest BCUT2D eigenvalue weighted by Crippen LogP contribution is -2.41. The average Bonchev–Trinajstić information content (AvgIpc) is 3.32. The Balaban J connectivity index is 0.738. The second-order valence-electron chi connectivity index (χ2n) is 21.7. The summed E-state index contributed by atoms with van der Waals surface area (Å²) in [6.07, 6.45) is 38.0. The first kappa shape index (κ1) is 50.6. The zero-order chi connectivity index (χ0) is 46.5. The summed E-state index contributed by atoms with van der Waals surface area (Å²) >= 11 is 0. The summed E-state index contributed by atoms with van der Waals surface area (Å²) in [5.74, 6) is -3.02. The van der Waals surface area contributed by atoms with E-state index in [0.717, 1.165) is 89.9 Å². The molecule has 0 aliphatic heterocycles. The molecule has 0 heterocycles. The molecule has 66 heavy (non-hydrogen) atoms. The molecule has 370 valence electrons. The van der Waals surface area contributed by atoms with E-state index in [-0.39, 0.29) is 73.2 Å². The van der Waals surface area contributed by atoms with Crippen molar-refractivity contribution < 1.29 is 62.8 Å². The number of carbonyl (C=O) groups is 3. The topological polar surface area (TPSA) is 166 Å². The summed E-state index contributed by atoms with van der Waals surface area (Å²) < 4.78 is 36.0. The summed E-state index contributed by atoms with van der Waals surface area (Å²) in [4.78, 5) is 48.7. The van der Waals surface area contributed by atoms with E-state index >= 15 is 0 Å². The van der Waals surface area contributed by atoms with E-state index in [2.05, 4.69) is 32.2 Å². The van der Waals surface area contributed by atoms with Crippen LogP contribution in [-0.4, -0.2) is 89.7 Å². The standard InChI is InChI=1S/C53H80O13/c1-4-59-46-27-29-48(51(56)57)49(33-46)52(58)65-43-20-18-41(19-21-43)63-39-14-10-36(11-15-39)53(2,3)37-12-16-40(17-13-37)64-42-22-24-44(25-23-42)66-62-34-35-32-45(26-28-47(35)50(54)55)61-31-30-60-38-8-6-5-7-9-38/h1,35-49H,5-29,32-34H2,2-3H3,(H,54,55)(H,56,57). The van der Waals surface area contributed by atoms with Crippen LogP contribution in [0.3, 0.4) is 0 Å². The van der Waals surface area contributed by atoms with E-state index in [9.17, 15) is 24.6 Å². The van der Waals surface area contributed by atoms with E-state index in [4.69, 9.17) is 44.6 Å². The Hall–Kier alpha value is -3.23. The first-order valence-electron chi connectivity index (χ1n) is 26.1. The van der Waals surface area contributed by atoms with Crippen LogP contribution in [0.2, 0.25) is 0 Å². The van der Waals surface area contributed by atoms with Crippen molar-refractivity contribution in [3.05, 3.63) is 0 Å². The van der Waals surface area contributed by atoms with Gasteiger partial charge in [0.1, 0.15) is 30.5 Å². The average molecular weight is 925 g/mol. The Bertz CT molecular complexity index is 1630. The van der Waals surface area contributed by atoms with Crippen molar-refractivity contribution in [2.24, 2.45) is 40.9 Å². The number of rotatable bonds is 17. The van der Waals surface area contributed by atoms with Crippen molar-refractivity contribution in [1.82, 2.24) is 0 Å². The van der Waals surface area contributed by atoms with E-state index < -0.39 is 35.7 Å². The molecule has 7 fully saturated rings. The van der Waals surface area contributed by atoms with Gasteiger partial charge in [0.15, 0.2) is 12.2 Å². The van der Waals surface area contributed by atoms with Crippen molar-refractivity contribution in [2.45, 2.75) is 242 Å². The van der Waals surface area contributed by atoms with Crippen LogP contribution in [0, 0.1) is 65.7 Å². The Kier molecular flexibility index (Phi) is 19.1. The van der Waals surface area contributed by atoms with Crippen molar-refractivity contribution in [2.75, 3.05) is 6.61 Å². The third-order valence-corrected chi connectivity index (χ3v) is 17.2. The highest BCUT2D eigenvalue weighted by atomic mass is 17.2. The fourth-order valence-electron chi connectivity index (χ4n) is 12.9. The molecular formula is C53H80O13. The predicted molar refractivity (Wildman–Crippen MR) is 244 cm³/mol. The van der Waals surface area contributed by atoms with Crippen LogP contribution < -0.4 is 0 Å².